The number of nitrogens with one attached hydrogen (secondary N) is 2. The van der Waals surface area contributed by atoms with E-state index in [-0.39, 0.29) is 22.4 Å². The van der Waals surface area contributed by atoms with Gasteiger partial charge in [0.05, 0.1) is 16.4 Å². The zero-order valence-electron chi connectivity index (χ0n) is 20.3. The fraction of sp³-hybridized carbons (Fsp3) is 0.296. The third kappa shape index (κ3) is 4.46. The molecule has 0 fully saturated rings. The van der Waals surface area contributed by atoms with E-state index < -0.39 is 16.4 Å². The van der Waals surface area contributed by atoms with Gasteiger partial charge in [-0.25, -0.2) is 4.98 Å². The number of hydrogen-bond donors (Lipinski definition) is 2. The highest BCUT2D eigenvalue weighted by Crippen LogP contribution is 2.49. The van der Waals surface area contributed by atoms with Crippen LogP contribution in [0.5, 0.6) is 0 Å². The van der Waals surface area contributed by atoms with Gasteiger partial charge in [-0.2, -0.15) is 0 Å². The summed E-state index contributed by atoms with van der Waals surface area (Å²) in [6.07, 6.45) is 0.876. The Hall–Kier alpha value is -3.72. The number of nitro groups is 1. The van der Waals surface area contributed by atoms with Gasteiger partial charge < -0.3 is 10.3 Å². The minimum Gasteiger partial charge on any atom is -0.343 e. The fourth-order valence-electron chi connectivity index (χ4n) is 5.01. The molecule has 3 aromatic rings. The number of rotatable bonds is 5. The van der Waals surface area contributed by atoms with E-state index >= 15 is 0 Å². The summed E-state index contributed by atoms with van der Waals surface area (Å²) in [4.78, 5) is 45.8. The van der Waals surface area contributed by atoms with Crippen molar-refractivity contribution >= 4 is 29.1 Å². The molecule has 2 heterocycles. The van der Waals surface area contributed by atoms with Crippen LogP contribution in [-0.2, 0) is 10.5 Å². The molecule has 1 aliphatic carbocycles. The van der Waals surface area contributed by atoms with Gasteiger partial charge in [-0.3, -0.25) is 19.7 Å². The van der Waals surface area contributed by atoms with E-state index in [9.17, 15) is 19.7 Å². The van der Waals surface area contributed by atoms with Crippen molar-refractivity contribution in [2.75, 3.05) is 5.32 Å². The van der Waals surface area contributed by atoms with E-state index in [1.807, 2.05) is 45.0 Å². The minimum absolute atomic E-state index is 0.111. The van der Waals surface area contributed by atoms with Crippen LogP contribution in [0.1, 0.15) is 54.9 Å². The van der Waals surface area contributed by atoms with Crippen LogP contribution >= 0.6 is 11.8 Å². The molecule has 0 saturated heterocycles. The highest BCUT2D eigenvalue weighted by atomic mass is 32.2. The molecule has 2 N–H and O–H groups in total. The Morgan fingerprint density at radius 1 is 1.11 bits per heavy atom. The summed E-state index contributed by atoms with van der Waals surface area (Å²) < 4.78 is 0. The average Bonchev–Trinajstić information content (AvgIpc) is 2.81. The summed E-state index contributed by atoms with van der Waals surface area (Å²) in [5.41, 5.74) is 3.10. The van der Waals surface area contributed by atoms with Gasteiger partial charge in [-0.1, -0.05) is 73.6 Å². The first-order valence-corrected chi connectivity index (χ1v) is 12.7. The van der Waals surface area contributed by atoms with Gasteiger partial charge in [0.15, 0.2) is 10.9 Å². The molecule has 184 valence electrons. The Morgan fingerprint density at radius 3 is 2.56 bits per heavy atom. The predicted molar refractivity (Wildman–Crippen MR) is 139 cm³/mol. The minimum atomic E-state index is -0.867. The number of hydrogen-bond acceptors (Lipinski definition) is 7. The lowest BCUT2D eigenvalue weighted by Gasteiger charge is -2.38. The second kappa shape index (κ2) is 9.05. The van der Waals surface area contributed by atoms with Gasteiger partial charge in [0.2, 0.25) is 0 Å². The number of fused-ring (bicyclic) bond motifs is 1. The number of carbonyl (C=O) groups excluding carboxylic acids is 1. The molecule has 0 radical (unpaired) electrons. The van der Waals surface area contributed by atoms with Gasteiger partial charge in [0.1, 0.15) is 5.82 Å². The summed E-state index contributed by atoms with van der Waals surface area (Å²) in [5, 5.41) is 15.6. The molecule has 1 aliphatic heterocycles. The Morgan fingerprint density at radius 2 is 1.83 bits per heavy atom. The first-order valence-electron chi connectivity index (χ1n) is 11.7. The van der Waals surface area contributed by atoms with Crippen LogP contribution in [0.4, 0.5) is 11.5 Å². The molecule has 0 spiro atoms. The SMILES string of the molecule is Cc1ccc(CSc2nc3c(c(=O)[nH]2)C(c2ccccc2[N+](=O)[O-])C2=C(CC(C)(C)CC2=O)N3)cc1. The molecule has 0 bridgehead atoms. The molecular formula is C27H26N4O4S. The maximum atomic E-state index is 13.5. The number of carbonyl (C=O) groups is 1. The second-order valence-corrected chi connectivity index (χ2v) is 11.1. The topological polar surface area (TPSA) is 118 Å². The Kier molecular flexibility index (Phi) is 6.04. The first kappa shape index (κ1) is 24.0. The highest BCUT2D eigenvalue weighted by Gasteiger charge is 2.44. The summed E-state index contributed by atoms with van der Waals surface area (Å²) in [6.45, 7) is 6.05. The monoisotopic (exact) mass is 502 g/mol. The van der Waals surface area contributed by atoms with Crippen molar-refractivity contribution in [2.45, 2.75) is 50.4 Å². The van der Waals surface area contributed by atoms with Crippen LogP contribution in [0.25, 0.3) is 0 Å². The van der Waals surface area contributed by atoms with E-state index in [0.717, 1.165) is 5.56 Å². The van der Waals surface area contributed by atoms with Gasteiger partial charge in [0.25, 0.3) is 11.2 Å². The molecule has 2 aromatic carbocycles. The van der Waals surface area contributed by atoms with Crippen LogP contribution in [-0.4, -0.2) is 20.7 Å². The number of para-hydroxylation sites is 1. The quantitative estimate of drug-likeness (QED) is 0.205. The number of nitro benzene ring substituents is 1. The number of thioether (sulfide) groups is 1. The molecule has 0 amide bonds. The number of ketones is 1. The lowest BCUT2D eigenvalue weighted by Crippen LogP contribution is -2.37. The summed E-state index contributed by atoms with van der Waals surface area (Å²) in [7, 11) is 0. The normalized spacial score (nSPS) is 18.3. The van der Waals surface area contributed by atoms with Crippen molar-refractivity contribution in [1.29, 1.82) is 0 Å². The summed E-state index contributed by atoms with van der Waals surface area (Å²) in [6, 6.07) is 14.4. The molecule has 2 aliphatic rings. The van der Waals surface area contributed by atoms with Gasteiger partial charge in [-0.05, 0) is 24.3 Å². The van der Waals surface area contributed by atoms with Crippen LogP contribution < -0.4 is 10.9 Å². The van der Waals surface area contributed by atoms with Gasteiger partial charge in [-0.15, -0.1) is 0 Å². The van der Waals surface area contributed by atoms with Crippen LogP contribution in [0.15, 0.2) is 69.8 Å². The van der Waals surface area contributed by atoms with Crippen molar-refractivity contribution in [3.63, 3.8) is 0 Å². The van der Waals surface area contributed by atoms with Crippen LogP contribution in [0, 0.1) is 22.5 Å². The predicted octanol–water partition coefficient (Wildman–Crippen LogP) is 5.48. The number of nitrogens with zero attached hydrogens (tertiary/aromatic N) is 2. The third-order valence-electron chi connectivity index (χ3n) is 6.64. The Labute approximate surface area is 212 Å². The molecule has 8 nitrogen and oxygen atoms in total. The van der Waals surface area contributed by atoms with Crippen molar-refractivity contribution < 1.29 is 9.72 Å². The van der Waals surface area contributed by atoms with Crippen LogP contribution in [0.2, 0.25) is 0 Å². The Balaban J connectivity index is 1.62. The average molecular weight is 503 g/mol. The number of Topliss-reactive ketones (excluding diaryl/α,β-unsaturated/α-hetero) is 1. The number of allylic oxidation sites excluding steroid dienone is 2. The molecule has 1 aromatic heterocycles. The zero-order chi connectivity index (χ0) is 25.6. The van der Waals surface area contributed by atoms with E-state index in [1.165, 1.54) is 23.4 Å². The fourth-order valence-corrected chi connectivity index (χ4v) is 5.82. The number of anilines is 1. The number of aryl methyl sites for hydroxylation is 1. The molecule has 9 heteroatoms. The summed E-state index contributed by atoms with van der Waals surface area (Å²) in [5.74, 6) is -0.0131. The highest BCUT2D eigenvalue weighted by molar-refractivity contribution is 7.98. The maximum absolute atomic E-state index is 13.5. The third-order valence-corrected chi connectivity index (χ3v) is 7.59. The lowest BCUT2D eigenvalue weighted by atomic mass is 9.69. The van der Waals surface area contributed by atoms with Crippen molar-refractivity contribution in [3.8, 4) is 0 Å². The smallest absolute Gasteiger partial charge is 0.273 e. The molecule has 36 heavy (non-hydrogen) atoms. The molecule has 5 rings (SSSR count). The molecular weight excluding hydrogens is 476 g/mol. The lowest BCUT2D eigenvalue weighted by molar-refractivity contribution is -0.385. The number of benzene rings is 2. The van der Waals surface area contributed by atoms with E-state index in [4.69, 9.17) is 4.98 Å². The summed E-state index contributed by atoms with van der Waals surface area (Å²) >= 11 is 1.40. The second-order valence-electron chi connectivity index (χ2n) is 10.1. The van der Waals surface area contributed by atoms with Gasteiger partial charge in [0, 0.05) is 35.1 Å². The zero-order valence-corrected chi connectivity index (χ0v) is 21.1. The molecule has 1 unspecified atom stereocenters. The number of aromatic nitrogens is 2. The van der Waals surface area contributed by atoms with E-state index in [0.29, 0.717) is 46.4 Å². The largest absolute Gasteiger partial charge is 0.343 e. The number of aromatic amines is 1. The standard InChI is InChI=1S/C27H26N4O4S/c1-15-8-10-16(11-9-15)14-36-26-29-24-23(25(33)30-26)21(17-6-4-5-7-19(17)31(34)35)22-18(28-24)12-27(2,3)13-20(22)32/h4-11,21H,12-14H2,1-3H3,(H2,28,29,30,33). The first-order chi connectivity index (χ1) is 17.1. The number of H-pyrrole nitrogens is 1. The van der Waals surface area contributed by atoms with Crippen molar-refractivity contribution in [3.05, 3.63) is 103 Å². The van der Waals surface area contributed by atoms with E-state index in [1.54, 1.807) is 18.2 Å². The molecule has 0 saturated carbocycles. The van der Waals surface area contributed by atoms with Crippen molar-refractivity contribution in [2.24, 2.45) is 5.41 Å². The van der Waals surface area contributed by atoms with Crippen LogP contribution in [0.3, 0.4) is 0 Å². The molecule has 1 atom stereocenters. The maximum Gasteiger partial charge on any atom is 0.273 e. The Bertz CT molecular complexity index is 1470. The van der Waals surface area contributed by atoms with E-state index in [2.05, 4.69) is 10.3 Å². The van der Waals surface area contributed by atoms with Gasteiger partial charge >= 0.3 is 0 Å². The van der Waals surface area contributed by atoms with Crippen molar-refractivity contribution in [1.82, 2.24) is 9.97 Å².